The number of hydrogen-bond donors (Lipinski definition) is 1. The van der Waals surface area contributed by atoms with Crippen molar-refractivity contribution in [3.05, 3.63) is 39.7 Å². The monoisotopic (exact) mass is 279 g/mol. The summed E-state index contributed by atoms with van der Waals surface area (Å²) in [4.78, 5) is 0. The lowest BCUT2D eigenvalue weighted by Gasteiger charge is -2.13. The van der Waals surface area contributed by atoms with Gasteiger partial charge < -0.3 is 10.5 Å². The highest BCUT2D eigenvalue weighted by molar-refractivity contribution is 6.31. The third-order valence-electron chi connectivity index (χ3n) is 3.06. The Morgan fingerprint density at radius 2 is 2.00 bits per heavy atom. The highest BCUT2D eigenvalue weighted by atomic mass is 35.5. The Labute approximate surface area is 118 Å². The van der Waals surface area contributed by atoms with Crippen LogP contribution in [0.5, 0.6) is 5.75 Å². The maximum absolute atomic E-state index is 6.19. The normalized spacial score (nSPS) is 10.8. The number of nitrogens with two attached hydrogens (primary N) is 1. The molecule has 102 valence electrons. The van der Waals surface area contributed by atoms with Crippen LogP contribution in [0.25, 0.3) is 0 Å². The van der Waals surface area contributed by atoms with Gasteiger partial charge in [-0.15, -0.1) is 0 Å². The largest absolute Gasteiger partial charge is 0.485 e. The zero-order valence-electron chi connectivity index (χ0n) is 11.6. The summed E-state index contributed by atoms with van der Waals surface area (Å²) in [5.74, 6) is 0.709. The van der Waals surface area contributed by atoms with Crippen molar-refractivity contribution >= 4 is 17.3 Å². The van der Waals surface area contributed by atoms with Crippen LogP contribution >= 0.6 is 11.6 Å². The summed E-state index contributed by atoms with van der Waals surface area (Å²) in [7, 11) is 1.85. The molecule has 1 aromatic heterocycles. The molecule has 0 saturated heterocycles. The quantitative estimate of drug-likeness (QED) is 0.878. The molecule has 0 fully saturated rings. The van der Waals surface area contributed by atoms with Crippen LogP contribution in [0.4, 0.5) is 5.69 Å². The van der Waals surface area contributed by atoms with Gasteiger partial charge in [-0.1, -0.05) is 17.7 Å². The molecule has 2 N–H and O–H groups in total. The third kappa shape index (κ3) is 2.68. The van der Waals surface area contributed by atoms with Crippen molar-refractivity contribution in [2.75, 3.05) is 5.73 Å². The Bertz CT molecular complexity index is 596. The number of ether oxygens (including phenoxy) is 1. The summed E-state index contributed by atoms with van der Waals surface area (Å²) < 4.78 is 7.55. The Morgan fingerprint density at radius 1 is 1.32 bits per heavy atom. The number of halogens is 1. The van der Waals surface area contributed by atoms with Crippen molar-refractivity contribution in [1.29, 1.82) is 0 Å². The summed E-state index contributed by atoms with van der Waals surface area (Å²) in [6.07, 6.45) is 0. The summed E-state index contributed by atoms with van der Waals surface area (Å²) in [5, 5.41) is 4.90. The van der Waals surface area contributed by atoms with E-state index in [9.17, 15) is 0 Å². The van der Waals surface area contributed by atoms with Crippen LogP contribution in [0.3, 0.4) is 0 Å². The van der Waals surface area contributed by atoms with E-state index >= 15 is 0 Å². The molecule has 4 nitrogen and oxygen atoms in total. The molecule has 0 bridgehead atoms. The molecule has 0 amide bonds. The Kier molecular flexibility index (Phi) is 3.71. The molecule has 19 heavy (non-hydrogen) atoms. The van der Waals surface area contributed by atoms with Gasteiger partial charge in [-0.05, 0) is 38.0 Å². The Hall–Kier alpha value is -1.68. The average molecular weight is 280 g/mol. The maximum Gasteiger partial charge on any atom is 0.145 e. The first-order chi connectivity index (χ1) is 8.90. The highest BCUT2D eigenvalue weighted by Crippen LogP contribution is 2.29. The minimum Gasteiger partial charge on any atom is -0.485 e. The first kappa shape index (κ1) is 13.7. The molecule has 0 aliphatic heterocycles. The minimum absolute atomic E-state index is 0.351. The van der Waals surface area contributed by atoms with E-state index in [0.29, 0.717) is 23.1 Å². The third-order valence-corrected chi connectivity index (χ3v) is 3.55. The number of aryl methyl sites for hydroxylation is 4. The number of hydrogen-bond acceptors (Lipinski definition) is 3. The van der Waals surface area contributed by atoms with Crippen LogP contribution in [-0.4, -0.2) is 9.78 Å². The van der Waals surface area contributed by atoms with Gasteiger partial charge in [-0.3, -0.25) is 4.68 Å². The highest BCUT2D eigenvalue weighted by Gasteiger charge is 2.13. The second kappa shape index (κ2) is 5.13. The van der Waals surface area contributed by atoms with E-state index in [2.05, 4.69) is 5.10 Å². The molecule has 0 saturated carbocycles. The van der Waals surface area contributed by atoms with Gasteiger partial charge in [0, 0.05) is 7.05 Å². The average Bonchev–Trinajstić information content (AvgIpc) is 2.53. The molecule has 5 heteroatoms. The number of benzene rings is 1. The molecule has 0 unspecified atom stereocenters. The van der Waals surface area contributed by atoms with E-state index in [-0.39, 0.29) is 0 Å². The standard InChI is InChI=1S/C14H18ClN3O/c1-8-5-9(2)14(11(16)6-8)19-7-12-13(15)10(3)17-18(12)4/h5-6H,7,16H2,1-4H3. The van der Waals surface area contributed by atoms with E-state index < -0.39 is 0 Å². The Balaban J connectivity index is 2.24. The lowest BCUT2D eigenvalue weighted by atomic mass is 10.1. The molecule has 2 rings (SSSR count). The minimum atomic E-state index is 0.351. The van der Waals surface area contributed by atoms with E-state index in [1.165, 1.54) is 0 Å². The topological polar surface area (TPSA) is 53.1 Å². The summed E-state index contributed by atoms with van der Waals surface area (Å²) in [6, 6.07) is 3.94. The smallest absolute Gasteiger partial charge is 0.145 e. The first-order valence-corrected chi connectivity index (χ1v) is 6.45. The molecule has 1 heterocycles. The van der Waals surface area contributed by atoms with Gasteiger partial charge in [0.25, 0.3) is 0 Å². The molecule has 2 aromatic rings. The lowest BCUT2D eigenvalue weighted by Crippen LogP contribution is -2.06. The van der Waals surface area contributed by atoms with Crippen molar-refractivity contribution in [3.63, 3.8) is 0 Å². The number of rotatable bonds is 3. The number of nitrogen functional groups attached to an aromatic ring is 1. The predicted octanol–water partition coefficient (Wildman–Crippen LogP) is 3.16. The van der Waals surface area contributed by atoms with Gasteiger partial charge in [0.05, 0.1) is 22.1 Å². The van der Waals surface area contributed by atoms with Crippen LogP contribution in [0.2, 0.25) is 5.02 Å². The van der Waals surface area contributed by atoms with Crippen molar-refractivity contribution in [2.45, 2.75) is 27.4 Å². The zero-order valence-corrected chi connectivity index (χ0v) is 12.4. The van der Waals surface area contributed by atoms with Crippen molar-refractivity contribution in [2.24, 2.45) is 7.05 Å². The van der Waals surface area contributed by atoms with Crippen LogP contribution in [-0.2, 0) is 13.7 Å². The fraction of sp³-hybridized carbons (Fsp3) is 0.357. The summed E-state index contributed by atoms with van der Waals surface area (Å²) in [6.45, 7) is 6.21. The predicted molar refractivity (Wildman–Crippen MR) is 77.6 cm³/mol. The van der Waals surface area contributed by atoms with Crippen LogP contribution in [0, 0.1) is 20.8 Å². The van der Waals surface area contributed by atoms with E-state index in [1.807, 2.05) is 40.0 Å². The SMILES string of the molecule is Cc1cc(C)c(OCc2c(Cl)c(C)nn2C)c(N)c1. The fourth-order valence-electron chi connectivity index (χ4n) is 2.16. The summed E-state index contributed by atoms with van der Waals surface area (Å²) >= 11 is 6.19. The first-order valence-electron chi connectivity index (χ1n) is 6.07. The van der Waals surface area contributed by atoms with Crippen LogP contribution in [0.15, 0.2) is 12.1 Å². The van der Waals surface area contributed by atoms with E-state index in [4.69, 9.17) is 22.1 Å². The van der Waals surface area contributed by atoms with Crippen LogP contribution < -0.4 is 10.5 Å². The van der Waals surface area contributed by atoms with Gasteiger partial charge in [0.15, 0.2) is 0 Å². The fourth-order valence-corrected chi connectivity index (χ4v) is 2.38. The zero-order chi connectivity index (χ0) is 14.2. The van der Waals surface area contributed by atoms with Crippen LogP contribution in [0.1, 0.15) is 22.5 Å². The molecule has 1 aromatic carbocycles. The van der Waals surface area contributed by atoms with E-state index in [0.717, 1.165) is 22.5 Å². The lowest BCUT2D eigenvalue weighted by molar-refractivity contribution is 0.294. The van der Waals surface area contributed by atoms with Crippen molar-refractivity contribution < 1.29 is 4.74 Å². The van der Waals surface area contributed by atoms with Gasteiger partial charge in [0.1, 0.15) is 12.4 Å². The molecule has 0 atom stereocenters. The molecular weight excluding hydrogens is 262 g/mol. The number of anilines is 1. The molecule has 0 aliphatic rings. The molecular formula is C14H18ClN3O. The van der Waals surface area contributed by atoms with Gasteiger partial charge in [-0.25, -0.2) is 0 Å². The number of nitrogens with zero attached hydrogens (tertiary/aromatic N) is 2. The van der Waals surface area contributed by atoms with Gasteiger partial charge in [0.2, 0.25) is 0 Å². The van der Waals surface area contributed by atoms with Gasteiger partial charge in [-0.2, -0.15) is 5.10 Å². The van der Waals surface area contributed by atoms with E-state index in [1.54, 1.807) is 4.68 Å². The van der Waals surface area contributed by atoms with Gasteiger partial charge >= 0.3 is 0 Å². The molecule has 0 spiro atoms. The molecule has 0 radical (unpaired) electrons. The summed E-state index contributed by atoms with van der Waals surface area (Å²) in [5.41, 5.74) is 10.4. The molecule has 0 aliphatic carbocycles. The second-order valence-corrected chi connectivity index (χ2v) is 5.14. The van der Waals surface area contributed by atoms with Crippen molar-refractivity contribution in [3.8, 4) is 5.75 Å². The van der Waals surface area contributed by atoms with Crippen molar-refractivity contribution in [1.82, 2.24) is 9.78 Å². The second-order valence-electron chi connectivity index (χ2n) is 4.76. The Morgan fingerprint density at radius 3 is 2.53 bits per heavy atom. The maximum atomic E-state index is 6.19. The number of aromatic nitrogens is 2.